The van der Waals surface area contributed by atoms with Crippen LogP contribution in [-0.2, 0) is 11.3 Å². The fourth-order valence-corrected chi connectivity index (χ4v) is 4.25. The molecule has 31 heavy (non-hydrogen) atoms. The summed E-state index contributed by atoms with van der Waals surface area (Å²) in [6.45, 7) is 5.39. The number of methoxy groups -OCH3 is 2. The fraction of sp³-hybridized carbons (Fsp3) is 0.333. The van der Waals surface area contributed by atoms with Gasteiger partial charge in [0, 0.05) is 0 Å². The van der Waals surface area contributed by atoms with Gasteiger partial charge in [0.25, 0.3) is 5.91 Å². The first kappa shape index (κ1) is 23.2. The van der Waals surface area contributed by atoms with Crippen LogP contribution in [-0.4, -0.2) is 36.0 Å². The van der Waals surface area contributed by atoms with Crippen LogP contribution in [0.4, 0.5) is 0 Å². The van der Waals surface area contributed by atoms with Crippen LogP contribution in [0.5, 0.6) is 17.2 Å². The van der Waals surface area contributed by atoms with Crippen LogP contribution in [0, 0.1) is 5.92 Å². The molecule has 0 spiro atoms. The number of nitrogens with zero attached hydrogens (tertiary/aromatic N) is 1. The van der Waals surface area contributed by atoms with E-state index < -0.39 is 0 Å². The zero-order chi connectivity index (χ0) is 22.4. The smallest absolute Gasteiger partial charge is 0.266 e. The maximum Gasteiger partial charge on any atom is 0.266 e. The molecule has 1 heterocycles. The van der Waals surface area contributed by atoms with Gasteiger partial charge in [-0.25, -0.2) is 0 Å². The molecule has 1 aliphatic heterocycles. The molecule has 7 heteroatoms. The van der Waals surface area contributed by atoms with Crippen LogP contribution >= 0.6 is 24.0 Å². The van der Waals surface area contributed by atoms with Gasteiger partial charge in [0.1, 0.15) is 10.1 Å². The maximum absolute atomic E-state index is 12.9. The quantitative estimate of drug-likeness (QED) is 0.364. The molecular weight excluding hydrogens is 430 g/mol. The van der Waals surface area contributed by atoms with Gasteiger partial charge in [-0.2, -0.15) is 0 Å². The number of carbonyl (C=O) groups excluding carboxylic acids is 1. The summed E-state index contributed by atoms with van der Waals surface area (Å²) < 4.78 is 17.1. The van der Waals surface area contributed by atoms with Gasteiger partial charge in [0.2, 0.25) is 0 Å². The van der Waals surface area contributed by atoms with Crippen LogP contribution < -0.4 is 14.2 Å². The van der Waals surface area contributed by atoms with E-state index >= 15 is 0 Å². The fourth-order valence-electron chi connectivity index (χ4n) is 3.00. The van der Waals surface area contributed by atoms with Crippen LogP contribution in [0.3, 0.4) is 0 Å². The van der Waals surface area contributed by atoms with Gasteiger partial charge >= 0.3 is 0 Å². The normalized spacial score (nSPS) is 15.1. The highest BCUT2D eigenvalue weighted by molar-refractivity contribution is 8.26. The van der Waals surface area contributed by atoms with Crippen molar-refractivity contribution < 1.29 is 19.0 Å². The molecule has 2 aromatic rings. The predicted molar refractivity (Wildman–Crippen MR) is 130 cm³/mol. The van der Waals surface area contributed by atoms with Crippen molar-refractivity contribution in [1.82, 2.24) is 4.90 Å². The van der Waals surface area contributed by atoms with Crippen LogP contribution in [0.2, 0.25) is 0 Å². The van der Waals surface area contributed by atoms with Crippen LogP contribution in [0.15, 0.2) is 47.4 Å². The Balaban J connectivity index is 1.72. The number of thiocarbonyl (C=S) groups is 1. The monoisotopic (exact) mass is 457 g/mol. The summed E-state index contributed by atoms with van der Waals surface area (Å²) in [5, 5.41) is 0. The second-order valence-corrected chi connectivity index (χ2v) is 9.23. The summed E-state index contributed by atoms with van der Waals surface area (Å²) in [4.78, 5) is 15.2. The first-order valence-corrected chi connectivity index (χ1v) is 11.3. The van der Waals surface area contributed by atoms with Crippen molar-refractivity contribution in [3.63, 3.8) is 0 Å². The van der Waals surface area contributed by atoms with Crippen LogP contribution in [0.25, 0.3) is 6.08 Å². The molecule has 0 aliphatic carbocycles. The molecule has 2 aromatic carbocycles. The molecule has 164 valence electrons. The molecule has 0 aromatic heterocycles. The lowest BCUT2D eigenvalue weighted by atomic mass is 10.1. The molecule has 3 rings (SSSR count). The van der Waals surface area contributed by atoms with Crippen molar-refractivity contribution in [3.8, 4) is 17.2 Å². The Labute approximate surface area is 193 Å². The first-order chi connectivity index (χ1) is 14.9. The largest absolute Gasteiger partial charge is 0.497 e. The van der Waals surface area contributed by atoms with Gasteiger partial charge in [-0.05, 0) is 53.8 Å². The highest BCUT2D eigenvalue weighted by Gasteiger charge is 2.32. The number of hydrogen-bond acceptors (Lipinski definition) is 6. The third kappa shape index (κ3) is 6.02. The van der Waals surface area contributed by atoms with Gasteiger partial charge in [0.15, 0.2) is 11.5 Å². The van der Waals surface area contributed by atoms with Crippen molar-refractivity contribution >= 4 is 40.3 Å². The number of carbonyl (C=O) groups is 1. The number of thioether (sulfide) groups is 1. The number of benzene rings is 2. The average molecular weight is 458 g/mol. The van der Waals surface area contributed by atoms with Crippen LogP contribution in [0.1, 0.15) is 31.4 Å². The Morgan fingerprint density at radius 1 is 1.06 bits per heavy atom. The molecule has 5 nitrogen and oxygen atoms in total. The zero-order valence-corrected chi connectivity index (χ0v) is 19.8. The van der Waals surface area contributed by atoms with E-state index in [1.807, 2.05) is 48.5 Å². The molecule has 1 amide bonds. The van der Waals surface area contributed by atoms with Crippen molar-refractivity contribution in [1.29, 1.82) is 0 Å². The summed E-state index contributed by atoms with van der Waals surface area (Å²) in [5.41, 5.74) is 1.85. The Kier molecular flexibility index (Phi) is 7.98. The lowest BCUT2D eigenvalue weighted by molar-refractivity contribution is -0.122. The van der Waals surface area contributed by atoms with E-state index in [4.69, 9.17) is 26.4 Å². The maximum atomic E-state index is 12.9. The molecule has 1 fully saturated rings. The zero-order valence-electron chi connectivity index (χ0n) is 18.2. The van der Waals surface area contributed by atoms with E-state index in [2.05, 4.69) is 13.8 Å². The minimum absolute atomic E-state index is 0.0953. The standard InChI is InChI=1S/C24H27NO4S2/c1-16(2)11-12-29-20-10-7-18(13-21(20)28-4)14-22-23(26)25(24(30)31-22)15-17-5-8-19(27-3)9-6-17/h5-10,13-14,16H,11-12,15H2,1-4H3/b22-14-. The van der Waals surface area contributed by atoms with Gasteiger partial charge in [-0.15, -0.1) is 0 Å². The molecule has 0 atom stereocenters. The Morgan fingerprint density at radius 2 is 1.81 bits per heavy atom. The third-order valence-corrected chi connectivity index (χ3v) is 6.19. The first-order valence-electron chi connectivity index (χ1n) is 10.1. The minimum atomic E-state index is -0.0953. The van der Waals surface area contributed by atoms with Gasteiger partial charge in [-0.3, -0.25) is 9.69 Å². The van der Waals surface area contributed by atoms with E-state index in [0.29, 0.717) is 39.8 Å². The van der Waals surface area contributed by atoms with Crippen molar-refractivity contribution in [3.05, 3.63) is 58.5 Å². The molecule has 0 unspecified atom stereocenters. The molecule has 0 N–H and O–H groups in total. The predicted octanol–water partition coefficient (Wildman–Crippen LogP) is 5.53. The summed E-state index contributed by atoms with van der Waals surface area (Å²) in [6, 6.07) is 13.3. The van der Waals surface area contributed by atoms with Crippen molar-refractivity contribution in [2.75, 3.05) is 20.8 Å². The third-order valence-electron chi connectivity index (χ3n) is 4.81. The molecule has 0 bridgehead atoms. The second-order valence-electron chi connectivity index (χ2n) is 7.56. The van der Waals surface area contributed by atoms with E-state index in [-0.39, 0.29) is 5.91 Å². The summed E-state index contributed by atoms with van der Waals surface area (Å²) >= 11 is 6.77. The molecule has 0 radical (unpaired) electrons. The summed E-state index contributed by atoms with van der Waals surface area (Å²) in [6.07, 6.45) is 2.81. The Hall–Kier alpha value is -2.51. The van der Waals surface area contributed by atoms with E-state index in [0.717, 1.165) is 23.3 Å². The van der Waals surface area contributed by atoms with Gasteiger partial charge in [0.05, 0.1) is 32.3 Å². The highest BCUT2D eigenvalue weighted by Crippen LogP contribution is 2.35. The lowest BCUT2D eigenvalue weighted by Gasteiger charge is -2.14. The number of rotatable bonds is 9. The SMILES string of the molecule is COc1ccc(CN2C(=O)/C(=C/c3ccc(OCCC(C)C)c(OC)c3)SC2=S)cc1. The summed E-state index contributed by atoms with van der Waals surface area (Å²) in [5.74, 6) is 2.60. The highest BCUT2D eigenvalue weighted by atomic mass is 32.2. The van der Waals surface area contributed by atoms with Gasteiger partial charge < -0.3 is 14.2 Å². The Morgan fingerprint density at radius 3 is 2.45 bits per heavy atom. The van der Waals surface area contributed by atoms with Crippen molar-refractivity contribution in [2.45, 2.75) is 26.8 Å². The molecule has 0 saturated carbocycles. The summed E-state index contributed by atoms with van der Waals surface area (Å²) in [7, 11) is 3.24. The number of amides is 1. The number of ether oxygens (including phenoxy) is 3. The average Bonchev–Trinajstić information content (AvgIpc) is 3.02. The molecule has 1 aliphatic rings. The van der Waals surface area contributed by atoms with Gasteiger partial charge in [-0.1, -0.05) is 56.0 Å². The Bertz CT molecular complexity index is 970. The second kappa shape index (κ2) is 10.7. The molecular formula is C24H27NO4S2. The lowest BCUT2D eigenvalue weighted by Crippen LogP contribution is -2.27. The minimum Gasteiger partial charge on any atom is -0.497 e. The topological polar surface area (TPSA) is 48.0 Å². The van der Waals surface area contributed by atoms with Crippen molar-refractivity contribution in [2.24, 2.45) is 5.92 Å². The molecule has 1 saturated heterocycles. The van der Waals surface area contributed by atoms with E-state index in [1.54, 1.807) is 19.1 Å². The van der Waals surface area contributed by atoms with E-state index in [9.17, 15) is 4.79 Å². The number of hydrogen-bond donors (Lipinski definition) is 0. The van der Waals surface area contributed by atoms with E-state index in [1.165, 1.54) is 11.8 Å².